The van der Waals surface area contributed by atoms with Crippen LogP contribution in [0.2, 0.25) is 5.02 Å². The van der Waals surface area contributed by atoms with E-state index in [1.54, 1.807) is 30.5 Å². The number of esters is 1. The lowest BCUT2D eigenvalue weighted by atomic mass is 10.1. The Bertz CT molecular complexity index is 1420. The molecule has 1 aliphatic rings. The Balaban J connectivity index is 1.38. The third kappa shape index (κ3) is 5.47. The second kappa shape index (κ2) is 10.7. The van der Waals surface area contributed by atoms with Crippen molar-refractivity contribution in [3.05, 3.63) is 71.3 Å². The normalized spacial score (nSPS) is 14.5. The van der Waals surface area contributed by atoms with Crippen molar-refractivity contribution >= 4 is 40.1 Å². The van der Waals surface area contributed by atoms with Crippen molar-refractivity contribution in [2.45, 2.75) is 13.0 Å². The molecule has 1 atom stereocenters. The van der Waals surface area contributed by atoms with Crippen LogP contribution in [0.25, 0.3) is 22.2 Å². The molecular weight excluding hydrogens is 496 g/mol. The number of hydrogen-bond acceptors (Lipinski definition) is 7. The molecule has 9 nitrogen and oxygen atoms in total. The van der Waals surface area contributed by atoms with Crippen LogP contribution < -0.4 is 10.2 Å². The van der Waals surface area contributed by atoms with Gasteiger partial charge in [-0.05, 0) is 42.0 Å². The summed E-state index contributed by atoms with van der Waals surface area (Å²) in [6.45, 7) is 4.43. The van der Waals surface area contributed by atoms with Gasteiger partial charge in [0.15, 0.2) is 5.76 Å². The van der Waals surface area contributed by atoms with Crippen molar-refractivity contribution in [1.29, 1.82) is 0 Å². The molecule has 0 saturated carbocycles. The number of morpholine rings is 1. The van der Waals surface area contributed by atoms with Crippen molar-refractivity contribution in [2.75, 3.05) is 37.8 Å². The summed E-state index contributed by atoms with van der Waals surface area (Å²) in [6.07, 6.45) is 1.75. The lowest BCUT2D eigenvalue weighted by Gasteiger charge is -2.28. The maximum Gasteiger partial charge on any atom is 0.302 e. The van der Waals surface area contributed by atoms with Crippen LogP contribution >= 0.6 is 11.6 Å². The quantitative estimate of drug-likeness (QED) is 0.360. The number of nitrogens with one attached hydrogen (secondary N) is 1. The number of halogens is 1. The first-order valence-corrected chi connectivity index (χ1v) is 12.3. The lowest BCUT2D eigenvalue weighted by Crippen LogP contribution is -2.36. The summed E-state index contributed by atoms with van der Waals surface area (Å²) < 4.78 is 18.3. The van der Waals surface area contributed by atoms with Crippen molar-refractivity contribution in [3.63, 3.8) is 0 Å². The Morgan fingerprint density at radius 3 is 2.62 bits per heavy atom. The fraction of sp³-hybridized carbons (Fsp3) is 0.296. The van der Waals surface area contributed by atoms with Crippen LogP contribution in [0.5, 0.6) is 0 Å². The number of hydrogen-bond donors (Lipinski definition) is 1. The first-order chi connectivity index (χ1) is 17.9. The highest BCUT2D eigenvalue weighted by Gasteiger charge is 2.25. The van der Waals surface area contributed by atoms with Crippen LogP contribution in [0.15, 0.2) is 59.1 Å². The van der Waals surface area contributed by atoms with Gasteiger partial charge in [0.2, 0.25) is 0 Å². The molecule has 3 heterocycles. The van der Waals surface area contributed by atoms with Crippen LogP contribution in [0.4, 0.5) is 5.69 Å². The summed E-state index contributed by atoms with van der Waals surface area (Å²) in [6, 6.07) is 14.3. The van der Waals surface area contributed by atoms with Crippen LogP contribution in [0.1, 0.15) is 29.3 Å². The van der Waals surface area contributed by atoms with E-state index in [4.69, 9.17) is 25.5 Å². The van der Waals surface area contributed by atoms with Crippen LogP contribution in [0.3, 0.4) is 0 Å². The van der Waals surface area contributed by atoms with E-state index in [2.05, 4.69) is 27.3 Å². The van der Waals surface area contributed by atoms with E-state index >= 15 is 0 Å². The summed E-state index contributed by atoms with van der Waals surface area (Å²) in [5.41, 5.74) is 3.53. The molecule has 0 radical (unpaired) electrons. The lowest BCUT2D eigenvalue weighted by molar-refractivity contribution is -0.141. The van der Waals surface area contributed by atoms with Gasteiger partial charge in [0.05, 0.1) is 25.1 Å². The molecule has 0 bridgehead atoms. The minimum atomic E-state index is -0.695. The zero-order chi connectivity index (χ0) is 25.9. The Morgan fingerprint density at radius 1 is 1.14 bits per heavy atom. The first-order valence-electron chi connectivity index (χ1n) is 12.0. The second-order valence-electron chi connectivity index (χ2n) is 8.83. The number of amides is 1. The molecule has 1 aliphatic heterocycles. The molecule has 1 saturated heterocycles. The number of imidazole rings is 1. The van der Waals surface area contributed by atoms with E-state index in [0.717, 1.165) is 43.2 Å². The number of fused-ring (bicyclic) bond motifs is 1. The van der Waals surface area contributed by atoms with Crippen molar-refractivity contribution in [2.24, 2.45) is 7.05 Å². The summed E-state index contributed by atoms with van der Waals surface area (Å²) in [4.78, 5) is 31.5. The predicted molar refractivity (Wildman–Crippen MR) is 140 cm³/mol. The summed E-state index contributed by atoms with van der Waals surface area (Å²) in [5.74, 6) is -0.242. The average Bonchev–Trinajstić information content (AvgIpc) is 3.50. The fourth-order valence-corrected chi connectivity index (χ4v) is 4.60. The van der Waals surface area contributed by atoms with E-state index in [-0.39, 0.29) is 12.4 Å². The van der Waals surface area contributed by atoms with E-state index in [1.165, 1.54) is 6.92 Å². The van der Waals surface area contributed by atoms with Gasteiger partial charge < -0.3 is 28.7 Å². The van der Waals surface area contributed by atoms with Gasteiger partial charge in [0, 0.05) is 43.2 Å². The Labute approximate surface area is 218 Å². The van der Waals surface area contributed by atoms with Crippen LogP contribution in [-0.4, -0.2) is 54.3 Å². The number of furan rings is 1. The van der Waals surface area contributed by atoms with Crippen molar-refractivity contribution in [1.82, 2.24) is 14.9 Å². The maximum atomic E-state index is 13.1. The van der Waals surface area contributed by atoms with Gasteiger partial charge in [-0.1, -0.05) is 23.7 Å². The molecule has 0 aliphatic carbocycles. The van der Waals surface area contributed by atoms with Gasteiger partial charge in [0.1, 0.15) is 24.1 Å². The average molecular weight is 523 g/mol. The summed E-state index contributed by atoms with van der Waals surface area (Å²) >= 11 is 6.05. The summed E-state index contributed by atoms with van der Waals surface area (Å²) in [5, 5.41) is 4.16. The van der Waals surface area contributed by atoms with E-state index < -0.39 is 17.9 Å². The Morgan fingerprint density at radius 2 is 1.89 bits per heavy atom. The number of anilines is 1. The number of aromatic nitrogens is 2. The van der Waals surface area contributed by atoms with Crippen LogP contribution in [-0.2, 0) is 21.3 Å². The first kappa shape index (κ1) is 24.9. The third-order valence-electron chi connectivity index (χ3n) is 6.34. The summed E-state index contributed by atoms with van der Waals surface area (Å²) in [7, 11) is 1.86. The van der Waals surface area contributed by atoms with Crippen LogP contribution in [0, 0.1) is 0 Å². The highest BCUT2D eigenvalue weighted by atomic mass is 35.5. The minimum Gasteiger partial charge on any atom is -0.463 e. The molecule has 0 spiro atoms. The number of rotatable bonds is 7. The molecule has 192 valence electrons. The monoisotopic (exact) mass is 522 g/mol. The zero-order valence-corrected chi connectivity index (χ0v) is 21.3. The molecule has 1 N–H and O–H groups in total. The maximum absolute atomic E-state index is 13.1. The standard InChI is InChI=1S/C27H27ClN4O5/c1-17(33)36-16-22(30-27(34)25-14-19-13-20(28)5-8-24(19)37-25)26-29-15-23(31(26)2)18-3-6-21(7-4-18)32-9-11-35-12-10-32/h3-8,13-15,22H,9-12,16H2,1-2H3,(H,30,34)/t22-/m1/s1. The zero-order valence-electron chi connectivity index (χ0n) is 20.6. The van der Waals surface area contributed by atoms with Gasteiger partial charge in [-0.25, -0.2) is 4.98 Å². The number of carbonyl (C=O) groups excluding carboxylic acids is 2. The molecule has 4 aromatic rings. The molecule has 5 rings (SSSR count). The molecule has 2 aromatic heterocycles. The molecule has 1 amide bonds. The number of benzene rings is 2. The fourth-order valence-electron chi connectivity index (χ4n) is 4.42. The molecule has 10 heteroatoms. The minimum absolute atomic E-state index is 0.0760. The molecule has 2 aromatic carbocycles. The second-order valence-corrected chi connectivity index (χ2v) is 9.26. The Hall–Kier alpha value is -3.82. The predicted octanol–water partition coefficient (Wildman–Crippen LogP) is 4.36. The topological polar surface area (TPSA) is 98.8 Å². The van der Waals surface area contributed by atoms with Gasteiger partial charge >= 0.3 is 5.97 Å². The van der Waals surface area contributed by atoms with E-state index in [0.29, 0.717) is 21.8 Å². The number of carbonyl (C=O) groups is 2. The SMILES string of the molecule is CC(=O)OC[C@@H](NC(=O)c1cc2cc(Cl)ccc2o1)c1ncc(-c2ccc(N3CCOCC3)cc2)n1C. The smallest absolute Gasteiger partial charge is 0.302 e. The largest absolute Gasteiger partial charge is 0.463 e. The van der Waals surface area contributed by atoms with E-state index in [1.807, 2.05) is 23.7 Å². The highest BCUT2D eigenvalue weighted by Crippen LogP contribution is 2.27. The molecule has 0 unspecified atom stereocenters. The van der Waals surface area contributed by atoms with Gasteiger partial charge in [-0.2, -0.15) is 0 Å². The van der Waals surface area contributed by atoms with Gasteiger partial charge in [0.25, 0.3) is 5.91 Å². The molecule has 37 heavy (non-hydrogen) atoms. The number of nitrogens with zero attached hydrogens (tertiary/aromatic N) is 3. The van der Waals surface area contributed by atoms with Crippen molar-refractivity contribution < 1.29 is 23.5 Å². The molecular formula is C27H27ClN4O5. The molecule has 1 fully saturated rings. The third-order valence-corrected chi connectivity index (χ3v) is 6.57. The highest BCUT2D eigenvalue weighted by molar-refractivity contribution is 6.31. The van der Waals surface area contributed by atoms with Crippen molar-refractivity contribution in [3.8, 4) is 11.3 Å². The van der Waals surface area contributed by atoms with Gasteiger partial charge in [-0.3, -0.25) is 9.59 Å². The Kier molecular flexibility index (Phi) is 7.16. The van der Waals surface area contributed by atoms with E-state index in [9.17, 15) is 9.59 Å². The number of ether oxygens (including phenoxy) is 2. The van der Waals surface area contributed by atoms with Gasteiger partial charge in [-0.15, -0.1) is 0 Å².